The molecule has 1 N–H and O–H groups in total. The van der Waals surface area contributed by atoms with Crippen molar-refractivity contribution in [3.05, 3.63) is 12.2 Å². The molecule has 0 radical (unpaired) electrons. The van der Waals surface area contributed by atoms with Crippen LogP contribution in [-0.4, -0.2) is 13.2 Å². The smallest absolute Gasteiger partial charge is 0.0903 e. The van der Waals surface area contributed by atoms with Gasteiger partial charge in [0.25, 0.3) is 0 Å². The normalized spacial score (nSPS) is 22.3. The van der Waals surface area contributed by atoms with Gasteiger partial charge in [-0.1, -0.05) is 6.58 Å². The Hall–Kier alpha value is -0.340. The van der Waals surface area contributed by atoms with E-state index in [9.17, 15) is 0 Å². The predicted octanol–water partition coefficient (Wildman–Crippen LogP) is 0.0774. The maximum Gasteiger partial charge on any atom is 0.0903 e. The highest BCUT2D eigenvalue weighted by molar-refractivity contribution is 4.98. The first-order chi connectivity index (χ1) is 2.89. The molecule has 1 saturated heterocycles. The molecule has 1 fully saturated rings. The Balaban J connectivity index is 2.37. The van der Waals surface area contributed by atoms with E-state index in [1.807, 2.05) is 0 Å². The second-order valence-corrected chi connectivity index (χ2v) is 1.36. The lowest BCUT2D eigenvalue weighted by Gasteiger charge is -1.79. The zero-order valence-corrected chi connectivity index (χ0v) is 3.53. The fourth-order valence-electron chi connectivity index (χ4n) is 0.357. The molecule has 2 nitrogen and oxygen atoms in total. The van der Waals surface area contributed by atoms with E-state index in [2.05, 4.69) is 12.1 Å². The quantitative estimate of drug-likeness (QED) is 0.420. The van der Waals surface area contributed by atoms with Crippen LogP contribution in [0.2, 0.25) is 0 Å². The molecule has 1 aliphatic heterocycles. The van der Waals surface area contributed by atoms with Gasteiger partial charge in [-0.3, -0.25) is 4.84 Å². The maximum absolute atomic E-state index is 4.71. The molecule has 0 aromatic heterocycles. The molecule has 34 valence electrons. The van der Waals surface area contributed by atoms with Crippen molar-refractivity contribution in [2.24, 2.45) is 0 Å². The van der Waals surface area contributed by atoms with Gasteiger partial charge >= 0.3 is 0 Å². The fraction of sp³-hybridized carbons (Fsp3) is 0.500. The summed E-state index contributed by atoms with van der Waals surface area (Å²) >= 11 is 0. The topological polar surface area (TPSA) is 21.3 Å². The predicted molar refractivity (Wildman–Crippen MR) is 23.1 cm³/mol. The molecule has 1 aliphatic rings. The molecule has 0 spiro atoms. The van der Waals surface area contributed by atoms with E-state index in [1.54, 1.807) is 0 Å². The Morgan fingerprint density at radius 2 is 2.67 bits per heavy atom. The molecule has 0 unspecified atom stereocenters. The van der Waals surface area contributed by atoms with Crippen molar-refractivity contribution in [3.63, 3.8) is 0 Å². The highest BCUT2D eigenvalue weighted by Gasteiger charge is 2.00. The molecule has 1 heterocycles. The molecular formula is C4H7NO. The number of hydrogen-bond donors (Lipinski definition) is 1. The van der Waals surface area contributed by atoms with Gasteiger partial charge in [0.2, 0.25) is 0 Å². The number of hydroxylamine groups is 1. The van der Waals surface area contributed by atoms with E-state index < -0.39 is 0 Å². The molecule has 2 heteroatoms. The van der Waals surface area contributed by atoms with Crippen molar-refractivity contribution in [2.45, 2.75) is 0 Å². The third-order valence-electron chi connectivity index (χ3n) is 0.701. The summed E-state index contributed by atoms with van der Waals surface area (Å²) in [6.45, 7) is 5.17. The zero-order valence-electron chi connectivity index (χ0n) is 3.53. The largest absolute Gasteiger partial charge is 0.297 e. The summed E-state index contributed by atoms with van der Waals surface area (Å²) in [5, 5.41) is 0. The summed E-state index contributed by atoms with van der Waals surface area (Å²) < 4.78 is 0. The summed E-state index contributed by atoms with van der Waals surface area (Å²) in [7, 11) is 0. The van der Waals surface area contributed by atoms with Gasteiger partial charge in [-0.2, -0.15) is 5.48 Å². The van der Waals surface area contributed by atoms with Gasteiger partial charge in [-0.15, -0.1) is 0 Å². The van der Waals surface area contributed by atoms with E-state index in [0.29, 0.717) is 6.61 Å². The van der Waals surface area contributed by atoms with E-state index >= 15 is 0 Å². The number of rotatable bonds is 0. The van der Waals surface area contributed by atoms with Gasteiger partial charge in [0.05, 0.1) is 6.61 Å². The Bertz CT molecular complexity index is 61.9. The molecule has 0 aromatic carbocycles. The molecule has 1 rings (SSSR count). The van der Waals surface area contributed by atoms with Crippen molar-refractivity contribution in [3.8, 4) is 0 Å². The Morgan fingerprint density at radius 1 is 1.83 bits per heavy atom. The van der Waals surface area contributed by atoms with E-state index in [4.69, 9.17) is 4.84 Å². The summed E-state index contributed by atoms with van der Waals surface area (Å²) in [6, 6.07) is 0. The second kappa shape index (κ2) is 1.41. The van der Waals surface area contributed by atoms with Crippen LogP contribution < -0.4 is 5.48 Å². The maximum atomic E-state index is 4.71. The third-order valence-corrected chi connectivity index (χ3v) is 0.701. The third kappa shape index (κ3) is 0.584. The van der Waals surface area contributed by atoms with Gasteiger partial charge < -0.3 is 0 Å². The lowest BCUT2D eigenvalue weighted by Crippen LogP contribution is -2.02. The Morgan fingerprint density at radius 3 is 2.83 bits per heavy atom. The van der Waals surface area contributed by atoms with Crippen LogP contribution in [0.5, 0.6) is 0 Å². The van der Waals surface area contributed by atoms with Crippen LogP contribution in [-0.2, 0) is 4.84 Å². The molecule has 0 aliphatic carbocycles. The van der Waals surface area contributed by atoms with E-state index in [1.165, 1.54) is 0 Å². The first-order valence-electron chi connectivity index (χ1n) is 1.91. The van der Waals surface area contributed by atoms with Crippen molar-refractivity contribution in [1.29, 1.82) is 0 Å². The van der Waals surface area contributed by atoms with Gasteiger partial charge in [-0.05, 0) is 5.57 Å². The van der Waals surface area contributed by atoms with Gasteiger partial charge in [0.1, 0.15) is 0 Å². The van der Waals surface area contributed by atoms with Crippen LogP contribution in [0.15, 0.2) is 12.2 Å². The van der Waals surface area contributed by atoms with Crippen LogP contribution in [0, 0.1) is 0 Å². The average molecular weight is 85.1 g/mol. The minimum Gasteiger partial charge on any atom is -0.297 e. The summed E-state index contributed by atoms with van der Waals surface area (Å²) in [5.74, 6) is 0. The minimum absolute atomic E-state index is 0.681. The molecule has 0 aromatic rings. The monoisotopic (exact) mass is 85.1 g/mol. The SMILES string of the molecule is C=C1CNOC1. The summed E-state index contributed by atoms with van der Waals surface area (Å²) in [5.41, 5.74) is 3.79. The molecule has 0 atom stereocenters. The summed E-state index contributed by atoms with van der Waals surface area (Å²) in [4.78, 5) is 4.71. The Labute approximate surface area is 36.8 Å². The van der Waals surface area contributed by atoms with Crippen LogP contribution in [0.1, 0.15) is 0 Å². The average Bonchev–Trinajstić information content (AvgIpc) is 1.86. The molecular weight excluding hydrogens is 78.0 g/mol. The van der Waals surface area contributed by atoms with Gasteiger partial charge in [-0.25, -0.2) is 0 Å². The van der Waals surface area contributed by atoms with Crippen LogP contribution in [0.25, 0.3) is 0 Å². The fourth-order valence-corrected chi connectivity index (χ4v) is 0.357. The number of hydrogen-bond acceptors (Lipinski definition) is 2. The molecule has 0 bridgehead atoms. The van der Waals surface area contributed by atoms with Crippen molar-refractivity contribution >= 4 is 0 Å². The highest BCUT2D eigenvalue weighted by atomic mass is 16.6. The van der Waals surface area contributed by atoms with Crippen LogP contribution in [0.4, 0.5) is 0 Å². The first kappa shape index (κ1) is 3.84. The molecule has 0 amide bonds. The van der Waals surface area contributed by atoms with Crippen LogP contribution >= 0.6 is 0 Å². The second-order valence-electron chi connectivity index (χ2n) is 1.36. The lowest BCUT2D eigenvalue weighted by atomic mass is 10.4. The highest BCUT2D eigenvalue weighted by Crippen LogP contribution is 1.93. The first-order valence-corrected chi connectivity index (χ1v) is 1.91. The van der Waals surface area contributed by atoms with Gasteiger partial charge in [0.15, 0.2) is 0 Å². The van der Waals surface area contributed by atoms with Crippen LogP contribution in [0.3, 0.4) is 0 Å². The van der Waals surface area contributed by atoms with Crippen molar-refractivity contribution in [1.82, 2.24) is 5.48 Å². The van der Waals surface area contributed by atoms with E-state index in [-0.39, 0.29) is 0 Å². The Kier molecular flexibility index (Phi) is 0.900. The number of nitrogens with one attached hydrogen (secondary N) is 1. The zero-order chi connectivity index (χ0) is 4.41. The van der Waals surface area contributed by atoms with Crippen molar-refractivity contribution < 1.29 is 4.84 Å². The van der Waals surface area contributed by atoms with Crippen molar-refractivity contribution in [2.75, 3.05) is 13.2 Å². The molecule has 0 saturated carbocycles. The standard InChI is InChI=1S/C4H7NO/c1-4-2-5-6-3-4/h5H,1-3H2. The van der Waals surface area contributed by atoms with Gasteiger partial charge in [0, 0.05) is 6.54 Å². The lowest BCUT2D eigenvalue weighted by molar-refractivity contribution is 0.106. The minimum atomic E-state index is 0.681. The van der Waals surface area contributed by atoms with E-state index in [0.717, 1.165) is 12.1 Å². The molecule has 6 heavy (non-hydrogen) atoms. The summed E-state index contributed by atoms with van der Waals surface area (Å²) in [6.07, 6.45) is 0.